The quantitative estimate of drug-likeness (QED) is 0.744. The van der Waals surface area contributed by atoms with Crippen molar-refractivity contribution in [2.75, 3.05) is 49.5 Å². The van der Waals surface area contributed by atoms with E-state index in [1.54, 1.807) is 0 Å². The fourth-order valence-corrected chi connectivity index (χ4v) is 6.65. The highest BCUT2D eigenvalue weighted by Gasteiger charge is 2.56. The highest BCUT2D eigenvalue weighted by atomic mass is 32.1. The number of rotatable bonds is 5. The van der Waals surface area contributed by atoms with E-state index in [1.807, 2.05) is 19.2 Å². The SMILES string of the molecule is Cc1cc(Nc2ncc(C)c(N3CC(CC#N)(N4CCN5CC6(CC6)C[C@H]5C4)C3)n2)sn1. The molecule has 0 amide bonds. The number of hydrogen-bond donors (Lipinski definition) is 1. The molecule has 2 aromatic rings. The molecule has 5 heterocycles. The smallest absolute Gasteiger partial charge is 0.229 e. The van der Waals surface area contributed by atoms with Gasteiger partial charge in [0.1, 0.15) is 10.8 Å². The molecule has 0 bridgehead atoms. The fourth-order valence-electron chi connectivity index (χ4n) is 5.99. The molecule has 3 saturated heterocycles. The first-order chi connectivity index (χ1) is 15.5. The zero-order chi connectivity index (χ0) is 21.9. The summed E-state index contributed by atoms with van der Waals surface area (Å²) in [6.45, 7) is 10.4. The summed E-state index contributed by atoms with van der Waals surface area (Å²) in [6.07, 6.45) is 6.65. The fraction of sp³-hybridized carbons (Fsp3) is 0.652. The number of anilines is 3. The van der Waals surface area contributed by atoms with Crippen LogP contribution in [0, 0.1) is 30.6 Å². The van der Waals surface area contributed by atoms with Crippen LogP contribution in [0.15, 0.2) is 12.3 Å². The molecule has 3 aliphatic heterocycles. The topological polar surface area (TPSA) is 84.2 Å². The normalized spacial score (nSPS) is 25.9. The minimum absolute atomic E-state index is 0.0556. The third-order valence-electron chi connectivity index (χ3n) is 7.93. The molecular weight excluding hydrogens is 420 g/mol. The van der Waals surface area contributed by atoms with E-state index >= 15 is 0 Å². The van der Waals surface area contributed by atoms with E-state index in [0.717, 1.165) is 54.8 Å². The second-order valence-corrected chi connectivity index (χ2v) is 11.2. The van der Waals surface area contributed by atoms with E-state index in [9.17, 15) is 5.26 Å². The van der Waals surface area contributed by atoms with Gasteiger partial charge in [-0.05, 0) is 56.1 Å². The largest absolute Gasteiger partial charge is 0.352 e. The number of nitrogens with one attached hydrogen (secondary N) is 1. The lowest BCUT2D eigenvalue weighted by Gasteiger charge is -2.58. The Hall–Kier alpha value is -2.28. The van der Waals surface area contributed by atoms with Crippen molar-refractivity contribution in [2.45, 2.75) is 51.1 Å². The Balaban J connectivity index is 1.17. The molecule has 1 aliphatic carbocycles. The van der Waals surface area contributed by atoms with Crippen LogP contribution in [0.5, 0.6) is 0 Å². The molecule has 4 aliphatic rings. The number of aryl methyl sites for hydroxylation is 2. The molecule has 4 fully saturated rings. The van der Waals surface area contributed by atoms with Crippen LogP contribution in [0.4, 0.5) is 16.8 Å². The van der Waals surface area contributed by atoms with E-state index in [-0.39, 0.29) is 5.54 Å². The van der Waals surface area contributed by atoms with Gasteiger partial charge in [0, 0.05) is 57.1 Å². The molecule has 1 atom stereocenters. The second kappa shape index (κ2) is 7.37. The maximum absolute atomic E-state index is 9.65. The minimum Gasteiger partial charge on any atom is -0.352 e. The lowest BCUT2D eigenvalue weighted by molar-refractivity contribution is -0.000623. The number of hydrogen-bond acceptors (Lipinski definition) is 9. The van der Waals surface area contributed by atoms with Gasteiger partial charge in [-0.3, -0.25) is 9.80 Å². The summed E-state index contributed by atoms with van der Waals surface area (Å²) in [4.78, 5) is 17.0. The summed E-state index contributed by atoms with van der Waals surface area (Å²) in [5.74, 6) is 1.56. The van der Waals surface area contributed by atoms with E-state index in [0.29, 0.717) is 23.8 Å². The van der Waals surface area contributed by atoms with E-state index in [1.165, 1.54) is 37.3 Å². The Labute approximate surface area is 193 Å². The molecule has 8 nitrogen and oxygen atoms in total. The Morgan fingerprint density at radius 1 is 1.25 bits per heavy atom. The summed E-state index contributed by atoms with van der Waals surface area (Å²) in [5, 5.41) is 13.9. The highest BCUT2D eigenvalue weighted by Crippen LogP contribution is 2.55. The first kappa shape index (κ1) is 20.3. The van der Waals surface area contributed by atoms with Gasteiger partial charge < -0.3 is 10.2 Å². The summed E-state index contributed by atoms with van der Waals surface area (Å²) < 4.78 is 4.32. The number of nitrogens with zero attached hydrogens (tertiary/aromatic N) is 7. The summed E-state index contributed by atoms with van der Waals surface area (Å²) in [7, 11) is 0. The summed E-state index contributed by atoms with van der Waals surface area (Å²) >= 11 is 1.42. The van der Waals surface area contributed by atoms with Gasteiger partial charge >= 0.3 is 0 Å². The lowest BCUT2D eigenvalue weighted by atomic mass is 9.83. The van der Waals surface area contributed by atoms with E-state index in [4.69, 9.17) is 4.98 Å². The number of piperazine rings is 1. The average molecular weight is 451 g/mol. The Morgan fingerprint density at radius 2 is 2.09 bits per heavy atom. The van der Waals surface area contributed by atoms with Crippen molar-refractivity contribution in [3.05, 3.63) is 23.5 Å². The first-order valence-electron chi connectivity index (χ1n) is 11.6. The highest BCUT2D eigenvalue weighted by molar-refractivity contribution is 7.10. The van der Waals surface area contributed by atoms with Crippen molar-refractivity contribution in [1.82, 2.24) is 24.1 Å². The summed E-state index contributed by atoms with van der Waals surface area (Å²) in [6, 6.07) is 5.18. The van der Waals surface area contributed by atoms with Gasteiger partial charge in [-0.2, -0.15) is 14.6 Å². The van der Waals surface area contributed by atoms with Crippen molar-refractivity contribution < 1.29 is 0 Å². The molecule has 6 rings (SSSR count). The molecule has 0 radical (unpaired) electrons. The van der Waals surface area contributed by atoms with Gasteiger partial charge in [0.15, 0.2) is 0 Å². The Kier molecular flexibility index (Phi) is 4.68. The van der Waals surface area contributed by atoms with Gasteiger partial charge in [0.05, 0.1) is 23.7 Å². The van der Waals surface area contributed by atoms with Crippen LogP contribution in [0.3, 0.4) is 0 Å². The first-order valence-corrected chi connectivity index (χ1v) is 12.4. The third kappa shape index (κ3) is 3.45. The molecule has 0 unspecified atom stereocenters. The van der Waals surface area contributed by atoms with Crippen LogP contribution in [-0.4, -0.2) is 75.0 Å². The zero-order valence-corrected chi connectivity index (χ0v) is 19.7. The number of nitriles is 1. The Morgan fingerprint density at radius 3 is 2.81 bits per heavy atom. The maximum Gasteiger partial charge on any atom is 0.229 e. The minimum atomic E-state index is -0.0556. The van der Waals surface area contributed by atoms with Gasteiger partial charge in [0.25, 0.3) is 0 Å². The molecule has 2 aromatic heterocycles. The molecule has 1 saturated carbocycles. The molecule has 168 valence electrons. The van der Waals surface area contributed by atoms with Crippen molar-refractivity contribution in [3.8, 4) is 6.07 Å². The number of fused-ring (bicyclic) bond motifs is 1. The standard InChI is InChI=1S/C23H30N8S/c1-16-11-25-21(26-19-9-17(2)28-32-19)27-20(16)30-14-23(15-30,5-6-24)31-8-7-29-13-22(3-4-22)10-18(29)12-31/h9,11,18H,3-5,7-8,10,12-15H2,1-2H3,(H,25,26,27)/t18-/m0/s1. The molecule has 0 aromatic carbocycles. The lowest BCUT2D eigenvalue weighted by Crippen LogP contribution is -2.73. The maximum atomic E-state index is 9.65. The van der Waals surface area contributed by atoms with Crippen LogP contribution in [0.1, 0.15) is 36.9 Å². The van der Waals surface area contributed by atoms with Crippen LogP contribution in [-0.2, 0) is 0 Å². The third-order valence-corrected chi connectivity index (χ3v) is 8.72. The molecular formula is C23H30N8S. The predicted octanol–water partition coefficient (Wildman–Crippen LogP) is 2.94. The molecule has 32 heavy (non-hydrogen) atoms. The van der Waals surface area contributed by atoms with Gasteiger partial charge in [0.2, 0.25) is 5.95 Å². The van der Waals surface area contributed by atoms with E-state index < -0.39 is 0 Å². The van der Waals surface area contributed by atoms with Gasteiger partial charge in [-0.25, -0.2) is 4.98 Å². The Bertz CT molecular complexity index is 1060. The molecule has 9 heteroatoms. The van der Waals surface area contributed by atoms with Crippen molar-refractivity contribution in [3.63, 3.8) is 0 Å². The van der Waals surface area contributed by atoms with Gasteiger partial charge in [-0.1, -0.05) is 0 Å². The monoisotopic (exact) mass is 450 g/mol. The van der Waals surface area contributed by atoms with Crippen molar-refractivity contribution in [1.29, 1.82) is 5.26 Å². The average Bonchev–Trinajstić information content (AvgIpc) is 3.20. The number of aromatic nitrogens is 3. The van der Waals surface area contributed by atoms with Gasteiger partial charge in [-0.15, -0.1) is 0 Å². The van der Waals surface area contributed by atoms with Crippen molar-refractivity contribution >= 4 is 28.3 Å². The second-order valence-electron chi connectivity index (χ2n) is 10.3. The van der Waals surface area contributed by atoms with Crippen LogP contribution in [0.2, 0.25) is 0 Å². The van der Waals surface area contributed by atoms with Crippen molar-refractivity contribution in [2.24, 2.45) is 5.41 Å². The van der Waals surface area contributed by atoms with E-state index in [2.05, 4.69) is 42.4 Å². The molecule has 1 spiro atoms. The molecule has 1 N–H and O–H groups in total. The van der Waals surface area contributed by atoms with Crippen LogP contribution < -0.4 is 10.2 Å². The van der Waals surface area contributed by atoms with Crippen LogP contribution in [0.25, 0.3) is 0 Å². The van der Waals surface area contributed by atoms with Crippen LogP contribution >= 0.6 is 11.5 Å². The summed E-state index contributed by atoms with van der Waals surface area (Å²) in [5.41, 5.74) is 2.65. The predicted molar refractivity (Wildman–Crippen MR) is 125 cm³/mol. The zero-order valence-electron chi connectivity index (χ0n) is 18.8.